The van der Waals surface area contributed by atoms with Crippen LogP contribution >= 0.6 is 7.82 Å². The van der Waals surface area contributed by atoms with Crippen molar-refractivity contribution in [2.24, 2.45) is 0 Å². The summed E-state index contributed by atoms with van der Waals surface area (Å²) >= 11 is 0. The molecule has 0 aliphatic heterocycles. The van der Waals surface area contributed by atoms with Crippen molar-refractivity contribution in [3.63, 3.8) is 0 Å². The monoisotopic (exact) mass is 1570 g/mol. The Hall–Kier alpha value is -3.59. The Kier molecular flexibility index (Phi) is 73.7. The van der Waals surface area contributed by atoms with Crippen molar-refractivity contribution >= 4 is 31.6 Å². The lowest BCUT2D eigenvalue weighted by atomic mass is 10.0. The van der Waals surface area contributed by atoms with Gasteiger partial charge in [-0.1, -0.05) is 194 Å². The van der Waals surface area contributed by atoms with E-state index in [0.29, 0.717) is 145 Å². The Morgan fingerprint density at radius 3 is 0.944 bits per heavy atom. The van der Waals surface area contributed by atoms with Crippen molar-refractivity contribution in [1.29, 1.82) is 0 Å². The topological polar surface area (TPSA) is 284 Å². The highest BCUT2D eigenvalue weighted by atomic mass is 31.2. The van der Waals surface area contributed by atoms with Crippen LogP contribution in [-0.4, -0.2) is 233 Å². The first-order chi connectivity index (χ1) is 52.3. The molecule has 2 N–H and O–H groups in total. The summed E-state index contributed by atoms with van der Waals surface area (Å²) in [5, 5.41) is 2.61. The quantitative estimate of drug-likeness (QED) is 0.0153. The predicted octanol–water partition coefficient (Wildman–Crippen LogP) is 14.4. The first-order valence-corrected chi connectivity index (χ1v) is 41.6. The van der Waals surface area contributed by atoms with Crippen LogP contribution in [0.4, 0.5) is 17.6 Å². The fourth-order valence-corrected chi connectivity index (χ4v) is 11.2. The van der Waals surface area contributed by atoms with Crippen molar-refractivity contribution < 1.29 is 131 Å². The summed E-state index contributed by atoms with van der Waals surface area (Å²) in [7, 11) is -4.64. The number of rotatable bonds is 85. The zero-order chi connectivity index (χ0) is 77.7. The van der Waals surface area contributed by atoms with Crippen LogP contribution in [0.1, 0.15) is 232 Å². The maximum atomic E-state index is 13.6. The van der Waals surface area contributed by atoms with Gasteiger partial charge in [-0.3, -0.25) is 28.2 Å². The Labute approximate surface area is 637 Å². The van der Waals surface area contributed by atoms with E-state index in [1.54, 1.807) is 0 Å². The maximum absolute atomic E-state index is 13.6. The van der Waals surface area contributed by atoms with Crippen molar-refractivity contribution in [1.82, 2.24) is 5.32 Å². The van der Waals surface area contributed by atoms with E-state index < -0.39 is 73.9 Å². The van der Waals surface area contributed by atoms with E-state index in [9.17, 15) is 46.2 Å². The lowest BCUT2D eigenvalue weighted by Gasteiger charge is -2.20. The molecule has 0 aromatic heterocycles. The van der Waals surface area contributed by atoms with Gasteiger partial charge in [-0.15, -0.1) is 0 Å². The SMILES string of the molecule is CCCCCCCCCCCCCCCCCC(=O)OC[C@H](COP(=O)(O)OCCNC(=O)CCOCCOCCOCCOCCOCCOCCOCCOCCOCCOCCOCCOCCOCCC(=O)Oc1c(F)c(F)cc(F)c1F)OC(=O)CCCCCCCCCCCCCCCCC. The summed E-state index contributed by atoms with van der Waals surface area (Å²) in [6, 6.07) is 0.0134. The number of carbonyl (C=O) groups excluding carboxylic acids is 4. The van der Waals surface area contributed by atoms with Crippen LogP contribution in [-0.2, 0) is 104 Å². The van der Waals surface area contributed by atoms with Crippen molar-refractivity contribution in [3.8, 4) is 5.75 Å². The number of nitrogens with one attached hydrogen (secondary N) is 1. The highest BCUT2D eigenvalue weighted by Crippen LogP contribution is 2.43. The lowest BCUT2D eigenvalue weighted by molar-refractivity contribution is -0.161. The van der Waals surface area contributed by atoms with Crippen LogP contribution in [0.2, 0.25) is 0 Å². The Morgan fingerprint density at radius 1 is 0.346 bits per heavy atom. The molecule has 1 unspecified atom stereocenters. The number of benzene rings is 1. The summed E-state index contributed by atoms with van der Waals surface area (Å²) in [4.78, 5) is 60.2. The molecular formula is C77H138F4NO24P. The molecular weight excluding hydrogens is 1430 g/mol. The molecule has 0 aliphatic rings. The molecule has 0 fully saturated rings. The van der Waals surface area contributed by atoms with E-state index in [4.69, 9.17) is 80.1 Å². The molecule has 30 heteroatoms. The molecule has 1 aromatic rings. The minimum absolute atomic E-state index is 0.0134. The number of hydrogen-bond donors (Lipinski definition) is 2. The number of esters is 3. The highest BCUT2D eigenvalue weighted by molar-refractivity contribution is 7.47. The molecule has 107 heavy (non-hydrogen) atoms. The molecule has 1 aromatic carbocycles. The van der Waals surface area contributed by atoms with Crippen LogP contribution in [0.25, 0.3) is 0 Å². The van der Waals surface area contributed by atoms with Gasteiger partial charge < -0.3 is 86.0 Å². The fourth-order valence-electron chi connectivity index (χ4n) is 10.4. The van der Waals surface area contributed by atoms with Gasteiger partial charge >= 0.3 is 25.7 Å². The number of carbonyl (C=O) groups is 4. The molecule has 0 radical (unpaired) electrons. The first kappa shape index (κ1) is 101. The van der Waals surface area contributed by atoms with E-state index in [1.807, 2.05) is 0 Å². The maximum Gasteiger partial charge on any atom is 0.472 e. The summed E-state index contributed by atoms with van der Waals surface area (Å²) < 4.78 is 163. The molecule has 0 spiro atoms. The number of hydrogen-bond acceptors (Lipinski definition) is 23. The van der Waals surface area contributed by atoms with Crippen LogP contribution < -0.4 is 10.1 Å². The molecule has 0 heterocycles. The van der Waals surface area contributed by atoms with Gasteiger partial charge in [-0.2, -0.15) is 8.78 Å². The van der Waals surface area contributed by atoms with E-state index >= 15 is 0 Å². The van der Waals surface area contributed by atoms with Gasteiger partial charge in [0, 0.05) is 31.9 Å². The Balaban J connectivity index is 1.99. The number of phosphoric ester groups is 1. The minimum Gasteiger partial charge on any atom is -0.462 e. The molecule has 0 aliphatic carbocycles. The highest BCUT2D eigenvalue weighted by Gasteiger charge is 2.27. The molecule has 0 saturated carbocycles. The van der Waals surface area contributed by atoms with Gasteiger partial charge in [0.2, 0.25) is 23.3 Å². The van der Waals surface area contributed by atoms with E-state index in [1.165, 1.54) is 141 Å². The average Bonchev–Trinajstić information content (AvgIpc) is 0.820. The van der Waals surface area contributed by atoms with E-state index in [0.717, 1.165) is 38.5 Å². The van der Waals surface area contributed by atoms with Gasteiger partial charge in [0.1, 0.15) is 6.61 Å². The predicted molar refractivity (Wildman–Crippen MR) is 396 cm³/mol. The van der Waals surface area contributed by atoms with E-state index in [2.05, 4.69) is 23.9 Å². The second kappa shape index (κ2) is 77.7. The van der Waals surface area contributed by atoms with Gasteiger partial charge in [-0.05, 0) is 12.8 Å². The first-order valence-electron chi connectivity index (χ1n) is 40.1. The third-order valence-corrected chi connectivity index (χ3v) is 17.5. The number of amides is 1. The molecule has 1 rings (SSSR count). The summed E-state index contributed by atoms with van der Waals surface area (Å²) in [6.07, 6.45) is 35.2. The standard InChI is InChI=1S/C77H138F4NO24P/c1-3-5-7-9-11-13-15-17-19-21-23-25-27-29-31-33-72(84)102-66-68(105-73(85)34-32-30-28-26-24-22-20-18-16-14-12-10-8-6-4-2)67-104-107(87,88)103-40-37-82-71(83)35-38-89-41-43-91-45-47-93-49-51-95-53-55-97-57-59-99-61-63-101-64-62-100-60-58-98-56-54-96-52-50-94-48-46-92-44-42-90-39-36-74(86)106-77-75(80)69(78)65-70(79)76(77)81/h65,68H,3-64,66-67H2,1-2H3,(H,82,83)(H,87,88)/t68-/m1/s1. The smallest absolute Gasteiger partial charge is 0.462 e. The fraction of sp³-hybridized carbons (Fsp3) is 0.870. The molecule has 0 bridgehead atoms. The molecule has 628 valence electrons. The van der Waals surface area contributed by atoms with E-state index in [-0.39, 0.29) is 90.6 Å². The molecule has 2 atom stereocenters. The molecule has 25 nitrogen and oxygen atoms in total. The van der Waals surface area contributed by atoms with Crippen molar-refractivity contribution in [2.75, 3.05) is 198 Å². The second-order valence-electron chi connectivity index (χ2n) is 25.9. The lowest BCUT2D eigenvalue weighted by Crippen LogP contribution is -2.30. The van der Waals surface area contributed by atoms with Crippen molar-refractivity contribution in [2.45, 2.75) is 238 Å². The molecule has 0 saturated heterocycles. The average molecular weight is 1570 g/mol. The number of ether oxygens (including phenoxy) is 16. The minimum atomic E-state index is -4.64. The van der Waals surface area contributed by atoms with Gasteiger partial charge in [0.05, 0.1) is 191 Å². The summed E-state index contributed by atoms with van der Waals surface area (Å²) in [5.41, 5.74) is 0. The van der Waals surface area contributed by atoms with Crippen LogP contribution in [0.3, 0.4) is 0 Å². The third kappa shape index (κ3) is 70.0. The number of halogens is 4. The summed E-state index contributed by atoms with van der Waals surface area (Å²) in [5.74, 6) is -10.8. The normalized spacial score (nSPS) is 12.4. The van der Waals surface area contributed by atoms with Gasteiger partial charge in [0.15, 0.2) is 17.7 Å². The van der Waals surface area contributed by atoms with Crippen molar-refractivity contribution in [3.05, 3.63) is 29.3 Å². The van der Waals surface area contributed by atoms with Crippen LogP contribution in [0.15, 0.2) is 6.07 Å². The largest absolute Gasteiger partial charge is 0.472 e. The van der Waals surface area contributed by atoms with Crippen LogP contribution in [0.5, 0.6) is 5.75 Å². The third-order valence-electron chi connectivity index (χ3n) is 16.5. The van der Waals surface area contributed by atoms with Gasteiger partial charge in [0.25, 0.3) is 0 Å². The summed E-state index contributed by atoms with van der Waals surface area (Å²) in [6.45, 7) is 11.9. The zero-order valence-corrected chi connectivity index (χ0v) is 66.1. The number of phosphoric acid groups is 1. The van der Waals surface area contributed by atoms with Gasteiger partial charge in [-0.25, -0.2) is 13.3 Å². The zero-order valence-electron chi connectivity index (χ0n) is 65.2. The number of unbranched alkanes of at least 4 members (excludes halogenated alkanes) is 28. The second-order valence-corrected chi connectivity index (χ2v) is 27.3. The van der Waals surface area contributed by atoms with Crippen LogP contribution in [0, 0.1) is 23.3 Å². The Bertz CT molecular complexity index is 2230. The molecule has 1 amide bonds. The Morgan fingerprint density at radius 2 is 0.626 bits per heavy atom.